The van der Waals surface area contributed by atoms with Gasteiger partial charge in [0.05, 0.1) is 11.4 Å². The maximum atomic E-state index is 4.77. The lowest BCUT2D eigenvalue weighted by atomic mass is 10.1. The first-order chi connectivity index (χ1) is 16.4. The van der Waals surface area contributed by atoms with Gasteiger partial charge >= 0.3 is 0 Å². The molecule has 0 radical (unpaired) electrons. The van der Waals surface area contributed by atoms with Gasteiger partial charge in [-0.05, 0) is 70.5 Å². The number of aliphatic imine (C=N–C) groups is 2. The van der Waals surface area contributed by atoms with E-state index in [1.807, 2.05) is 56.4 Å². The Morgan fingerprint density at radius 2 is 1.91 bits per heavy atom. The van der Waals surface area contributed by atoms with E-state index in [1.165, 1.54) is 0 Å². The number of nitrogens with one attached hydrogen (secondary N) is 4. The smallest absolute Gasteiger partial charge is 0.136 e. The highest BCUT2D eigenvalue weighted by Crippen LogP contribution is 2.31. The van der Waals surface area contributed by atoms with E-state index >= 15 is 0 Å². The van der Waals surface area contributed by atoms with E-state index < -0.39 is 0 Å². The van der Waals surface area contributed by atoms with Crippen LogP contribution in [0.15, 0.2) is 83.4 Å². The minimum atomic E-state index is 0.482. The molecule has 7 nitrogen and oxygen atoms in total. The summed E-state index contributed by atoms with van der Waals surface area (Å²) in [4.78, 5) is 11.3. The van der Waals surface area contributed by atoms with Gasteiger partial charge in [-0.2, -0.15) is 0 Å². The number of aryl methyl sites for hydroxylation is 1. The van der Waals surface area contributed by atoms with Crippen LogP contribution in [0.1, 0.15) is 32.3 Å². The predicted molar refractivity (Wildman–Crippen MR) is 150 cm³/mol. The molecule has 34 heavy (non-hydrogen) atoms. The lowest BCUT2D eigenvalue weighted by Crippen LogP contribution is -2.25. The zero-order valence-corrected chi connectivity index (χ0v) is 21.0. The highest BCUT2D eigenvalue weighted by Gasteiger charge is 2.10. The molecule has 0 atom stereocenters. The Morgan fingerprint density at radius 3 is 2.65 bits per heavy atom. The van der Waals surface area contributed by atoms with E-state index in [9.17, 15) is 0 Å². The molecule has 4 N–H and O–H groups in total. The quantitative estimate of drug-likeness (QED) is 0.207. The Balaban J connectivity index is 2.28. The summed E-state index contributed by atoms with van der Waals surface area (Å²) in [6, 6.07) is 4.17. The van der Waals surface area contributed by atoms with Crippen LogP contribution in [-0.2, 0) is 0 Å². The Bertz CT molecular complexity index is 983. The first kappa shape index (κ1) is 26.7. The summed E-state index contributed by atoms with van der Waals surface area (Å²) >= 11 is 0. The van der Waals surface area contributed by atoms with Gasteiger partial charge in [0.1, 0.15) is 18.3 Å². The molecular formula is C27H39N7. The van der Waals surface area contributed by atoms with Crippen LogP contribution in [-0.4, -0.2) is 43.8 Å². The van der Waals surface area contributed by atoms with Crippen LogP contribution in [0.4, 0.5) is 17.1 Å². The van der Waals surface area contributed by atoms with Gasteiger partial charge in [-0.15, -0.1) is 0 Å². The number of hydrogen-bond donors (Lipinski definition) is 4. The largest absolute Gasteiger partial charge is 0.382 e. The number of allylic oxidation sites excluding steroid dienone is 5. The molecule has 0 fully saturated rings. The molecule has 1 heterocycles. The number of rotatable bonds is 10. The van der Waals surface area contributed by atoms with Gasteiger partial charge in [0.15, 0.2) is 0 Å². The summed E-state index contributed by atoms with van der Waals surface area (Å²) < 4.78 is 0. The standard InChI is InChI=1S/C27H39N7/c1-7-13-27(34-17-12-10-8-9-11-14-29-20-34)33-23(5)32-24-19-26(31-21(2)3)25(18-22(24)4)30-16-15-28-6/h7,9,11-14,17-19,28,30-32H,2,5,8,10,15-16,20H2,1,3-4,6H3/b11-9-,13-7-,17-12-,29-14?,33-27?. The fourth-order valence-electron chi connectivity index (χ4n) is 3.26. The van der Waals surface area contributed by atoms with E-state index in [1.54, 1.807) is 0 Å². The average Bonchev–Trinajstić information content (AvgIpc) is 2.79. The second-order valence-corrected chi connectivity index (χ2v) is 8.02. The van der Waals surface area contributed by atoms with Gasteiger partial charge in [-0.1, -0.05) is 31.4 Å². The molecule has 182 valence electrons. The van der Waals surface area contributed by atoms with Crippen molar-refractivity contribution < 1.29 is 0 Å². The minimum absolute atomic E-state index is 0.482. The molecule has 0 aromatic heterocycles. The van der Waals surface area contributed by atoms with Crippen LogP contribution >= 0.6 is 0 Å². The Hall–Kier alpha value is -3.58. The molecule has 1 aliphatic heterocycles. The van der Waals surface area contributed by atoms with Crippen molar-refractivity contribution in [2.75, 3.05) is 42.8 Å². The average molecular weight is 462 g/mol. The van der Waals surface area contributed by atoms with Gasteiger partial charge in [0, 0.05) is 36.9 Å². The molecule has 7 heteroatoms. The molecular weight excluding hydrogens is 422 g/mol. The SMILES string of the molecule is C=C(C)Nc1cc(NC(=C)N=C(/C=C\C)N2/C=C\CC/C=C\C=NC2)c(C)cc1NCCNC. The Kier molecular flexibility index (Phi) is 11.4. The van der Waals surface area contributed by atoms with E-state index in [2.05, 4.69) is 70.6 Å². The highest BCUT2D eigenvalue weighted by molar-refractivity contribution is 5.94. The van der Waals surface area contributed by atoms with Crippen LogP contribution in [0.2, 0.25) is 0 Å². The number of likely N-dealkylation sites (N-methyl/N-ethyl adjacent to an activating group) is 1. The van der Waals surface area contributed by atoms with Gasteiger partial charge in [0.25, 0.3) is 0 Å². The van der Waals surface area contributed by atoms with Crippen LogP contribution in [0, 0.1) is 6.92 Å². The fraction of sp³-hybridized carbons (Fsp3) is 0.333. The maximum absolute atomic E-state index is 4.77. The Morgan fingerprint density at radius 1 is 1.12 bits per heavy atom. The molecule has 1 aromatic rings. The molecule has 0 bridgehead atoms. The van der Waals surface area contributed by atoms with Crippen molar-refractivity contribution in [3.05, 3.63) is 79.0 Å². The zero-order valence-electron chi connectivity index (χ0n) is 21.0. The molecule has 0 saturated heterocycles. The highest BCUT2D eigenvalue weighted by atomic mass is 15.2. The second-order valence-electron chi connectivity index (χ2n) is 8.02. The van der Waals surface area contributed by atoms with Gasteiger partial charge in [-0.3, -0.25) is 4.99 Å². The molecule has 0 spiro atoms. The molecule has 0 unspecified atom stereocenters. The van der Waals surface area contributed by atoms with Crippen LogP contribution in [0.3, 0.4) is 0 Å². The monoisotopic (exact) mass is 461 g/mol. The maximum Gasteiger partial charge on any atom is 0.136 e. The molecule has 0 amide bonds. The normalized spacial score (nSPS) is 16.2. The van der Waals surface area contributed by atoms with Crippen molar-refractivity contribution in [2.45, 2.75) is 33.6 Å². The third kappa shape index (κ3) is 9.11. The predicted octanol–water partition coefficient (Wildman–Crippen LogP) is 5.62. The van der Waals surface area contributed by atoms with E-state index in [4.69, 9.17) is 4.99 Å². The van der Waals surface area contributed by atoms with Crippen molar-refractivity contribution in [2.24, 2.45) is 9.98 Å². The summed E-state index contributed by atoms with van der Waals surface area (Å²) in [5, 5.41) is 13.3. The summed E-state index contributed by atoms with van der Waals surface area (Å²) in [6.45, 7) is 16.3. The van der Waals surface area contributed by atoms with E-state index in [0.29, 0.717) is 12.5 Å². The first-order valence-corrected chi connectivity index (χ1v) is 11.7. The summed E-state index contributed by atoms with van der Waals surface area (Å²) in [7, 11) is 1.94. The lowest BCUT2D eigenvalue weighted by Gasteiger charge is -2.20. The fourth-order valence-corrected chi connectivity index (χ4v) is 3.26. The van der Waals surface area contributed by atoms with Gasteiger partial charge < -0.3 is 26.2 Å². The van der Waals surface area contributed by atoms with Crippen molar-refractivity contribution >= 4 is 29.1 Å². The first-order valence-electron chi connectivity index (χ1n) is 11.7. The molecule has 0 saturated carbocycles. The van der Waals surface area contributed by atoms with Gasteiger partial charge in [0.2, 0.25) is 0 Å². The van der Waals surface area contributed by atoms with Crippen LogP contribution in [0.25, 0.3) is 0 Å². The third-order valence-corrected chi connectivity index (χ3v) is 4.89. The topological polar surface area (TPSA) is 76.1 Å². The number of nitrogens with zero attached hydrogens (tertiary/aromatic N) is 3. The number of benzene rings is 1. The Labute approximate surface area is 204 Å². The second kappa shape index (κ2) is 14.5. The van der Waals surface area contributed by atoms with Crippen molar-refractivity contribution in [3.63, 3.8) is 0 Å². The lowest BCUT2D eigenvalue weighted by molar-refractivity contribution is 0.576. The summed E-state index contributed by atoms with van der Waals surface area (Å²) in [6.07, 6.45) is 16.0. The van der Waals surface area contributed by atoms with Crippen LogP contribution < -0.4 is 21.3 Å². The summed E-state index contributed by atoms with van der Waals surface area (Å²) in [5.41, 5.74) is 4.84. The van der Waals surface area contributed by atoms with Crippen LogP contribution in [0.5, 0.6) is 0 Å². The minimum Gasteiger partial charge on any atom is -0.382 e. The van der Waals surface area contributed by atoms with Crippen molar-refractivity contribution in [1.82, 2.24) is 10.2 Å². The van der Waals surface area contributed by atoms with Crippen molar-refractivity contribution in [1.29, 1.82) is 0 Å². The molecule has 0 aliphatic carbocycles. The number of amidine groups is 1. The van der Waals surface area contributed by atoms with Gasteiger partial charge in [-0.25, -0.2) is 4.99 Å². The summed E-state index contributed by atoms with van der Waals surface area (Å²) in [5.74, 6) is 1.31. The molecule has 2 rings (SSSR count). The number of anilines is 3. The van der Waals surface area contributed by atoms with E-state index in [-0.39, 0.29) is 0 Å². The molecule has 1 aliphatic rings. The van der Waals surface area contributed by atoms with E-state index in [0.717, 1.165) is 60.1 Å². The third-order valence-electron chi connectivity index (χ3n) is 4.89. The zero-order chi connectivity index (χ0) is 24.8. The molecule has 1 aromatic carbocycles. The number of hydrogen-bond acceptors (Lipinski definition) is 6. The van der Waals surface area contributed by atoms with Crippen molar-refractivity contribution in [3.8, 4) is 0 Å².